The molecule has 7 nitrogen and oxygen atoms in total. The summed E-state index contributed by atoms with van der Waals surface area (Å²) < 4.78 is 22.9. The smallest absolute Gasteiger partial charge is 0.232 e. The molecule has 0 spiro atoms. The van der Waals surface area contributed by atoms with Crippen LogP contribution in [0.25, 0.3) is 0 Å². The second kappa shape index (κ2) is 7.30. The standard InChI is InChI=1S/C15H14N4O3S3/c1-25(21,22)12-4-2-10(3-5-12)17-15-18-11(9-24-15)8-13(20)19-14-16-6-7-23-14/h2-7,9H,8H2,1H3,(H,17,18)(H,16,19,20). The van der Waals surface area contributed by atoms with Gasteiger partial charge >= 0.3 is 0 Å². The molecule has 0 aliphatic heterocycles. The Morgan fingerprint density at radius 1 is 1.16 bits per heavy atom. The minimum atomic E-state index is -3.21. The topological polar surface area (TPSA) is 101 Å². The maximum absolute atomic E-state index is 11.9. The first-order valence-corrected chi connectivity index (χ1v) is 10.8. The highest BCUT2D eigenvalue weighted by Crippen LogP contribution is 2.22. The SMILES string of the molecule is CS(=O)(=O)c1ccc(Nc2nc(CC(=O)Nc3nccs3)cs2)cc1. The average Bonchev–Trinajstić information content (AvgIpc) is 3.19. The fourth-order valence-electron chi connectivity index (χ4n) is 1.97. The van der Waals surface area contributed by atoms with E-state index in [0.717, 1.165) is 5.69 Å². The normalized spacial score (nSPS) is 11.2. The quantitative estimate of drug-likeness (QED) is 0.667. The molecule has 0 bridgehead atoms. The predicted octanol–water partition coefficient (Wildman–Crippen LogP) is 2.93. The molecular weight excluding hydrogens is 380 g/mol. The number of aromatic nitrogens is 2. The van der Waals surface area contributed by atoms with Crippen LogP contribution in [0.1, 0.15) is 5.69 Å². The van der Waals surface area contributed by atoms with Gasteiger partial charge in [-0.15, -0.1) is 22.7 Å². The number of thiazole rings is 2. The number of nitrogens with zero attached hydrogens (tertiary/aromatic N) is 2. The molecule has 0 atom stereocenters. The van der Waals surface area contributed by atoms with E-state index in [1.54, 1.807) is 29.1 Å². The molecule has 2 heterocycles. The Morgan fingerprint density at radius 3 is 2.56 bits per heavy atom. The highest BCUT2D eigenvalue weighted by molar-refractivity contribution is 7.90. The van der Waals surface area contributed by atoms with Crippen molar-refractivity contribution in [1.29, 1.82) is 0 Å². The lowest BCUT2D eigenvalue weighted by Gasteiger charge is -2.03. The van der Waals surface area contributed by atoms with Gasteiger partial charge in [-0.2, -0.15) is 0 Å². The Bertz CT molecular complexity index is 964. The van der Waals surface area contributed by atoms with E-state index in [4.69, 9.17) is 0 Å². The van der Waals surface area contributed by atoms with E-state index in [9.17, 15) is 13.2 Å². The van der Waals surface area contributed by atoms with Crippen molar-refractivity contribution in [3.05, 3.63) is 46.9 Å². The van der Waals surface area contributed by atoms with Gasteiger partial charge in [-0.1, -0.05) is 0 Å². The van der Waals surface area contributed by atoms with E-state index in [0.29, 0.717) is 16.0 Å². The van der Waals surface area contributed by atoms with E-state index in [1.807, 2.05) is 0 Å². The van der Waals surface area contributed by atoms with Crippen LogP contribution in [0.15, 0.2) is 46.1 Å². The highest BCUT2D eigenvalue weighted by atomic mass is 32.2. The van der Waals surface area contributed by atoms with E-state index in [2.05, 4.69) is 20.6 Å². The minimum Gasteiger partial charge on any atom is -0.332 e. The summed E-state index contributed by atoms with van der Waals surface area (Å²) in [5.74, 6) is -0.177. The molecule has 10 heteroatoms. The number of carbonyl (C=O) groups excluding carboxylic acids is 1. The number of rotatable bonds is 6. The highest BCUT2D eigenvalue weighted by Gasteiger charge is 2.10. The molecule has 25 heavy (non-hydrogen) atoms. The lowest BCUT2D eigenvalue weighted by atomic mass is 10.3. The van der Waals surface area contributed by atoms with Crippen molar-refractivity contribution >= 4 is 54.4 Å². The largest absolute Gasteiger partial charge is 0.332 e. The minimum absolute atomic E-state index is 0.158. The molecule has 0 fully saturated rings. The van der Waals surface area contributed by atoms with Gasteiger partial charge in [0.05, 0.1) is 17.0 Å². The van der Waals surface area contributed by atoms with E-state index in [-0.39, 0.29) is 17.2 Å². The Balaban J connectivity index is 1.60. The number of amides is 1. The molecule has 0 unspecified atom stereocenters. The molecule has 3 rings (SSSR count). The Kier molecular flexibility index (Phi) is 5.11. The number of hydrogen-bond acceptors (Lipinski definition) is 8. The van der Waals surface area contributed by atoms with Gasteiger partial charge in [0.1, 0.15) is 0 Å². The molecule has 0 aliphatic rings. The van der Waals surface area contributed by atoms with Crippen molar-refractivity contribution in [2.45, 2.75) is 11.3 Å². The van der Waals surface area contributed by atoms with Crippen LogP contribution in [0.2, 0.25) is 0 Å². The molecule has 0 saturated carbocycles. The van der Waals surface area contributed by atoms with E-state index in [1.165, 1.54) is 41.1 Å². The Labute approximate surface area is 152 Å². The second-order valence-corrected chi connectivity index (χ2v) is 8.90. The summed E-state index contributed by atoms with van der Waals surface area (Å²) in [6.45, 7) is 0. The molecule has 2 aromatic heterocycles. The molecule has 1 amide bonds. The maximum Gasteiger partial charge on any atom is 0.232 e. The van der Waals surface area contributed by atoms with Crippen LogP contribution in [-0.4, -0.2) is 30.5 Å². The van der Waals surface area contributed by atoms with Crippen LogP contribution in [-0.2, 0) is 21.1 Å². The first kappa shape index (κ1) is 17.5. The van der Waals surface area contributed by atoms with Crippen LogP contribution in [0.5, 0.6) is 0 Å². The van der Waals surface area contributed by atoms with Crippen LogP contribution < -0.4 is 10.6 Å². The first-order chi connectivity index (χ1) is 11.9. The summed E-state index contributed by atoms with van der Waals surface area (Å²) in [6.07, 6.45) is 2.95. The zero-order valence-corrected chi connectivity index (χ0v) is 15.5. The van der Waals surface area contributed by atoms with Gasteiger partial charge in [0.15, 0.2) is 20.1 Å². The molecule has 3 aromatic rings. The zero-order valence-electron chi connectivity index (χ0n) is 13.1. The third-order valence-corrected chi connectivity index (χ3v) is 5.73. The van der Waals surface area contributed by atoms with Crippen LogP contribution in [0, 0.1) is 0 Å². The lowest BCUT2D eigenvalue weighted by molar-refractivity contribution is -0.115. The van der Waals surface area contributed by atoms with Gasteiger partial charge in [-0.3, -0.25) is 4.79 Å². The van der Waals surface area contributed by atoms with Gasteiger partial charge in [0.25, 0.3) is 0 Å². The number of nitrogens with one attached hydrogen (secondary N) is 2. The van der Waals surface area contributed by atoms with Gasteiger partial charge < -0.3 is 10.6 Å². The van der Waals surface area contributed by atoms with Crippen molar-refractivity contribution < 1.29 is 13.2 Å². The van der Waals surface area contributed by atoms with Crippen molar-refractivity contribution in [1.82, 2.24) is 9.97 Å². The van der Waals surface area contributed by atoms with Crippen molar-refractivity contribution in [2.75, 3.05) is 16.9 Å². The molecule has 0 saturated heterocycles. The number of benzene rings is 1. The summed E-state index contributed by atoms with van der Waals surface area (Å²) >= 11 is 2.73. The lowest BCUT2D eigenvalue weighted by Crippen LogP contribution is -2.14. The van der Waals surface area contributed by atoms with Crippen LogP contribution in [0.4, 0.5) is 16.0 Å². The zero-order chi connectivity index (χ0) is 17.9. The van der Waals surface area contributed by atoms with Crippen molar-refractivity contribution in [3.63, 3.8) is 0 Å². The molecule has 2 N–H and O–H groups in total. The molecule has 1 aromatic carbocycles. The van der Waals surface area contributed by atoms with Crippen LogP contribution >= 0.6 is 22.7 Å². The van der Waals surface area contributed by atoms with Gasteiger partial charge in [0, 0.05) is 28.9 Å². The number of anilines is 3. The monoisotopic (exact) mass is 394 g/mol. The number of sulfone groups is 1. The first-order valence-electron chi connectivity index (χ1n) is 7.11. The average molecular weight is 395 g/mol. The summed E-state index contributed by atoms with van der Waals surface area (Å²) in [5.41, 5.74) is 1.37. The molecule has 0 radical (unpaired) electrons. The van der Waals surface area contributed by atoms with Gasteiger partial charge in [-0.25, -0.2) is 18.4 Å². The molecule has 130 valence electrons. The third kappa shape index (κ3) is 4.84. The molecule has 0 aliphatic carbocycles. The Morgan fingerprint density at radius 2 is 1.92 bits per heavy atom. The predicted molar refractivity (Wildman–Crippen MR) is 99.4 cm³/mol. The number of carbonyl (C=O) groups is 1. The third-order valence-electron chi connectivity index (χ3n) is 3.11. The van der Waals surface area contributed by atoms with Gasteiger partial charge in [0.2, 0.25) is 5.91 Å². The Hall–Kier alpha value is -2.30. The van der Waals surface area contributed by atoms with E-state index < -0.39 is 9.84 Å². The number of hydrogen-bond donors (Lipinski definition) is 2. The van der Waals surface area contributed by atoms with Crippen molar-refractivity contribution in [3.8, 4) is 0 Å². The van der Waals surface area contributed by atoms with E-state index >= 15 is 0 Å². The summed E-state index contributed by atoms with van der Waals surface area (Å²) in [5, 5.41) is 10.6. The molecular formula is C15H14N4O3S3. The van der Waals surface area contributed by atoms with Crippen LogP contribution in [0.3, 0.4) is 0 Å². The fraction of sp³-hybridized carbons (Fsp3) is 0.133. The summed E-state index contributed by atoms with van der Waals surface area (Å²) in [7, 11) is -3.21. The summed E-state index contributed by atoms with van der Waals surface area (Å²) in [4.78, 5) is 20.5. The second-order valence-electron chi connectivity index (χ2n) is 5.13. The fourth-order valence-corrected chi connectivity index (χ4v) is 3.87. The maximum atomic E-state index is 11.9. The van der Waals surface area contributed by atoms with Gasteiger partial charge in [-0.05, 0) is 24.3 Å². The van der Waals surface area contributed by atoms with Crippen molar-refractivity contribution in [2.24, 2.45) is 0 Å². The summed E-state index contributed by atoms with van der Waals surface area (Å²) in [6, 6.07) is 6.42.